The Bertz CT molecular complexity index is 745. The van der Waals surface area contributed by atoms with Crippen LogP contribution in [0.15, 0.2) is 65.1 Å². The Morgan fingerprint density at radius 3 is 2.30 bits per heavy atom. The van der Waals surface area contributed by atoms with E-state index in [2.05, 4.69) is 27.6 Å². The fraction of sp³-hybridized carbons (Fsp3) is 0.222. The van der Waals surface area contributed by atoms with Crippen molar-refractivity contribution in [3.05, 3.63) is 72.1 Å². The van der Waals surface area contributed by atoms with E-state index in [9.17, 15) is 0 Å². The van der Waals surface area contributed by atoms with E-state index in [1.807, 2.05) is 55.5 Å². The summed E-state index contributed by atoms with van der Waals surface area (Å²) in [6, 6.07) is 19.8. The zero-order valence-electron chi connectivity index (χ0n) is 12.9. The molecule has 4 nitrogen and oxygen atoms in total. The van der Waals surface area contributed by atoms with Gasteiger partial charge in [0.25, 0.3) is 0 Å². The van der Waals surface area contributed by atoms with E-state index in [4.69, 9.17) is 16.0 Å². The fourth-order valence-corrected chi connectivity index (χ4v) is 2.43. The number of aromatic nitrogens is 2. The van der Waals surface area contributed by atoms with E-state index in [1.165, 1.54) is 5.56 Å². The largest absolute Gasteiger partial charge is 0.419 e. The second kappa shape index (κ2) is 6.94. The average Bonchev–Trinajstić information content (AvgIpc) is 3.12. The molecular formula is C18H18ClN3O. The van der Waals surface area contributed by atoms with Gasteiger partial charge in [-0.15, -0.1) is 21.8 Å². The molecule has 0 radical (unpaired) electrons. The topological polar surface area (TPSA) is 51.0 Å². The van der Waals surface area contributed by atoms with Gasteiger partial charge in [-0.05, 0) is 24.6 Å². The Balaban J connectivity index is 1.78. The number of rotatable bonds is 6. The molecule has 2 aromatic carbocycles. The molecule has 3 rings (SSSR count). The highest BCUT2D eigenvalue weighted by Gasteiger charge is 2.31. The first-order valence-corrected chi connectivity index (χ1v) is 7.99. The predicted molar refractivity (Wildman–Crippen MR) is 91.1 cm³/mol. The number of nitrogens with one attached hydrogen (secondary N) is 1. The maximum Gasteiger partial charge on any atom is 0.247 e. The van der Waals surface area contributed by atoms with Crippen molar-refractivity contribution in [2.75, 3.05) is 5.88 Å². The Morgan fingerprint density at radius 2 is 1.65 bits per heavy atom. The van der Waals surface area contributed by atoms with Crippen LogP contribution in [-0.2, 0) is 12.1 Å². The van der Waals surface area contributed by atoms with Crippen LogP contribution in [0, 0.1) is 0 Å². The maximum absolute atomic E-state index is 6.17. The van der Waals surface area contributed by atoms with Crippen LogP contribution in [-0.4, -0.2) is 16.1 Å². The van der Waals surface area contributed by atoms with Gasteiger partial charge in [0.1, 0.15) is 5.54 Å². The Labute approximate surface area is 140 Å². The molecule has 0 fully saturated rings. The first-order chi connectivity index (χ1) is 11.2. The van der Waals surface area contributed by atoms with Gasteiger partial charge in [-0.25, -0.2) is 0 Å². The van der Waals surface area contributed by atoms with Gasteiger partial charge in [0.2, 0.25) is 11.8 Å². The fourth-order valence-electron chi connectivity index (χ4n) is 2.22. The molecule has 1 N–H and O–H groups in total. The lowest BCUT2D eigenvalue weighted by Gasteiger charge is -2.24. The summed E-state index contributed by atoms with van der Waals surface area (Å²) in [6.45, 7) is 2.64. The van der Waals surface area contributed by atoms with Gasteiger partial charge >= 0.3 is 0 Å². The molecule has 0 bridgehead atoms. The number of benzene rings is 2. The summed E-state index contributed by atoms with van der Waals surface area (Å²) in [7, 11) is 0. The van der Waals surface area contributed by atoms with Crippen molar-refractivity contribution in [3.63, 3.8) is 0 Å². The molecule has 1 heterocycles. The summed E-state index contributed by atoms with van der Waals surface area (Å²) >= 11 is 6.17. The summed E-state index contributed by atoms with van der Waals surface area (Å²) in [5, 5.41) is 11.7. The van der Waals surface area contributed by atoms with E-state index in [0.717, 1.165) is 5.56 Å². The second-order valence-corrected chi connectivity index (χ2v) is 5.85. The smallest absolute Gasteiger partial charge is 0.247 e. The number of halogens is 1. The highest BCUT2D eigenvalue weighted by Crippen LogP contribution is 2.25. The zero-order chi connectivity index (χ0) is 16.1. The van der Waals surface area contributed by atoms with Crippen LogP contribution in [0.5, 0.6) is 0 Å². The molecule has 0 saturated heterocycles. The Hall–Kier alpha value is -2.17. The van der Waals surface area contributed by atoms with Crippen LogP contribution >= 0.6 is 11.6 Å². The van der Waals surface area contributed by atoms with Crippen molar-refractivity contribution in [1.82, 2.24) is 15.5 Å². The van der Waals surface area contributed by atoms with Crippen LogP contribution in [0.25, 0.3) is 11.5 Å². The molecule has 23 heavy (non-hydrogen) atoms. The van der Waals surface area contributed by atoms with E-state index < -0.39 is 5.54 Å². The van der Waals surface area contributed by atoms with E-state index in [0.29, 0.717) is 24.2 Å². The molecule has 1 atom stereocenters. The third kappa shape index (κ3) is 3.60. The first-order valence-electron chi connectivity index (χ1n) is 7.45. The minimum atomic E-state index is -0.586. The minimum Gasteiger partial charge on any atom is -0.419 e. The highest BCUT2D eigenvalue weighted by molar-refractivity contribution is 6.18. The lowest BCUT2D eigenvalue weighted by atomic mass is 10.0. The zero-order valence-corrected chi connectivity index (χ0v) is 13.6. The Kier molecular flexibility index (Phi) is 4.74. The predicted octanol–water partition coefficient (Wildman–Crippen LogP) is 3.98. The van der Waals surface area contributed by atoms with Crippen LogP contribution < -0.4 is 5.32 Å². The molecule has 1 unspecified atom stereocenters. The van der Waals surface area contributed by atoms with Crippen LogP contribution in [0.2, 0.25) is 0 Å². The maximum atomic E-state index is 6.17. The molecular weight excluding hydrogens is 310 g/mol. The van der Waals surface area contributed by atoms with E-state index in [1.54, 1.807) is 0 Å². The van der Waals surface area contributed by atoms with Crippen molar-refractivity contribution in [2.24, 2.45) is 0 Å². The summed E-state index contributed by atoms with van der Waals surface area (Å²) in [4.78, 5) is 0. The average molecular weight is 328 g/mol. The van der Waals surface area contributed by atoms with Gasteiger partial charge in [-0.1, -0.05) is 48.5 Å². The molecule has 0 aliphatic rings. The van der Waals surface area contributed by atoms with Gasteiger partial charge in [0, 0.05) is 18.0 Å². The van der Waals surface area contributed by atoms with Crippen molar-refractivity contribution >= 4 is 11.6 Å². The number of hydrogen-bond donors (Lipinski definition) is 1. The molecule has 118 valence electrons. The third-order valence-electron chi connectivity index (χ3n) is 3.71. The van der Waals surface area contributed by atoms with Crippen LogP contribution in [0.1, 0.15) is 18.4 Å². The second-order valence-electron chi connectivity index (χ2n) is 5.58. The van der Waals surface area contributed by atoms with Crippen molar-refractivity contribution in [2.45, 2.75) is 19.0 Å². The van der Waals surface area contributed by atoms with E-state index >= 15 is 0 Å². The van der Waals surface area contributed by atoms with Crippen molar-refractivity contribution in [1.29, 1.82) is 0 Å². The van der Waals surface area contributed by atoms with E-state index in [-0.39, 0.29) is 0 Å². The quantitative estimate of drug-likeness (QED) is 0.696. The van der Waals surface area contributed by atoms with Crippen molar-refractivity contribution < 1.29 is 4.42 Å². The van der Waals surface area contributed by atoms with Gasteiger partial charge in [-0.2, -0.15) is 0 Å². The highest BCUT2D eigenvalue weighted by atomic mass is 35.5. The van der Waals surface area contributed by atoms with Crippen LogP contribution in [0.4, 0.5) is 0 Å². The molecule has 0 aliphatic heterocycles. The molecule has 0 amide bonds. The summed E-state index contributed by atoms with van der Waals surface area (Å²) < 4.78 is 5.84. The molecule has 1 aromatic heterocycles. The molecule has 5 heteroatoms. The monoisotopic (exact) mass is 327 g/mol. The Morgan fingerprint density at radius 1 is 1.00 bits per heavy atom. The first kappa shape index (κ1) is 15.7. The number of nitrogens with zero attached hydrogens (tertiary/aromatic N) is 2. The summed E-state index contributed by atoms with van der Waals surface area (Å²) in [6.07, 6.45) is 0. The summed E-state index contributed by atoms with van der Waals surface area (Å²) in [5.41, 5.74) is 1.48. The third-order valence-corrected chi connectivity index (χ3v) is 4.25. The van der Waals surface area contributed by atoms with Gasteiger partial charge in [0.05, 0.1) is 0 Å². The lowest BCUT2D eigenvalue weighted by Crippen LogP contribution is -2.41. The number of hydrogen-bond acceptors (Lipinski definition) is 4. The lowest BCUT2D eigenvalue weighted by molar-refractivity contribution is 0.313. The van der Waals surface area contributed by atoms with Gasteiger partial charge in [0.15, 0.2) is 0 Å². The normalized spacial score (nSPS) is 13.7. The van der Waals surface area contributed by atoms with Gasteiger partial charge < -0.3 is 4.42 Å². The minimum absolute atomic E-state index is 0.330. The van der Waals surface area contributed by atoms with Crippen molar-refractivity contribution in [3.8, 4) is 11.5 Å². The van der Waals surface area contributed by atoms with Crippen LogP contribution in [0.3, 0.4) is 0 Å². The molecule has 3 aromatic rings. The number of alkyl halides is 1. The molecule has 0 spiro atoms. The molecule has 0 saturated carbocycles. The SMILES string of the molecule is CC(CCl)(NCc1ccccc1)c1nnc(-c2ccccc2)o1. The standard InChI is InChI=1S/C18H18ClN3O/c1-18(13-19,20-12-14-8-4-2-5-9-14)17-22-21-16(23-17)15-10-6-3-7-11-15/h2-11,20H,12-13H2,1H3. The summed E-state index contributed by atoms with van der Waals surface area (Å²) in [5.74, 6) is 1.32. The molecule has 0 aliphatic carbocycles. The van der Waals surface area contributed by atoms with Gasteiger partial charge in [-0.3, -0.25) is 5.32 Å².